The van der Waals surface area contributed by atoms with E-state index >= 15 is 0 Å². The number of benzene rings is 1. The predicted octanol–water partition coefficient (Wildman–Crippen LogP) is 1.60. The summed E-state index contributed by atoms with van der Waals surface area (Å²) in [6.45, 7) is 2.04. The van der Waals surface area contributed by atoms with Gasteiger partial charge in [0, 0.05) is 12.8 Å². The van der Waals surface area contributed by atoms with E-state index in [1.54, 1.807) is 24.3 Å². The van der Waals surface area contributed by atoms with Crippen LogP contribution in [-0.4, -0.2) is 27.8 Å². The Hall–Kier alpha value is -2.17. The summed E-state index contributed by atoms with van der Waals surface area (Å²) in [7, 11) is 0. The molecule has 1 fully saturated rings. The van der Waals surface area contributed by atoms with Crippen LogP contribution in [-0.2, 0) is 27.3 Å². The van der Waals surface area contributed by atoms with Gasteiger partial charge in [-0.1, -0.05) is 31.2 Å². The number of nitrogens with zero attached hydrogens (tertiary/aromatic N) is 1. The van der Waals surface area contributed by atoms with Crippen molar-refractivity contribution < 1.29 is 19.5 Å². The number of hydrogen-bond donors (Lipinski definition) is 1. The van der Waals surface area contributed by atoms with Gasteiger partial charge in [0.1, 0.15) is 0 Å². The van der Waals surface area contributed by atoms with Crippen molar-refractivity contribution in [1.82, 2.24) is 4.90 Å². The first-order valence-electron chi connectivity index (χ1n) is 6.59. The molecule has 0 radical (unpaired) electrons. The number of imide groups is 1. The number of carboxylic acid groups (broad SMARTS) is 1. The average molecular weight is 275 g/mol. The van der Waals surface area contributed by atoms with Gasteiger partial charge in [-0.3, -0.25) is 19.3 Å². The number of carbonyl (C=O) groups excluding carboxylic acids is 2. The molecule has 1 aliphatic heterocycles. The summed E-state index contributed by atoms with van der Waals surface area (Å²) in [5.41, 5.74) is 1.35. The second-order valence-corrected chi connectivity index (χ2v) is 5.23. The Kier molecular flexibility index (Phi) is 4.17. The highest BCUT2D eigenvalue weighted by Crippen LogP contribution is 2.22. The maximum absolute atomic E-state index is 11.9. The molecular weight excluding hydrogens is 258 g/mol. The molecule has 2 amide bonds. The minimum Gasteiger partial charge on any atom is -0.481 e. The first-order valence-corrected chi connectivity index (χ1v) is 6.59. The second-order valence-electron chi connectivity index (χ2n) is 5.23. The van der Waals surface area contributed by atoms with Gasteiger partial charge in [-0.25, -0.2) is 0 Å². The maximum atomic E-state index is 11.9. The molecular formula is C15H17NO4. The predicted molar refractivity (Wildman–Crippen MR) is 71.7 cm³/mol. The average Bonchev–Trinajstić information content (AvgIpc) is 2.34. The third-order valence-corrected chi connectivity index (χ3v) is 3.44. The monoisotopic (exact) mass is 275 g/mol. The Bertz CT molecular complexity index is 535. The van der Waals surface area contributed by atoms with E-state index in [0.29, 0.717) is 24.0 Å². The molecule has 20 heavy (non-hydrogen) atoms. The van der Waals surface area contributed by atoms with E-state index in [1.807, 2.05) is 6.92 Å². The van der Waals surface area contributed by atoms with Crippen LogP contribution in [0.3, 0.4) is 0 Å². The summed E-state index contributed by atoms with van der Waals surface area (Å²) >= 11 is 0. The Morgan fingerprint density at radius 2 is 1.75 bits per heavy atom. The lowest BCUT2D eigenvalue weighted by Gasteiger charge is -2.28. The van der Waals surface area contributed by atoms with Crippen LogP contribution in [0.1, 0.15) is 30.9 Å². The lowest BCUT2D eigenvalue weighted by Crippen LogP contribution is -2.42. The highest BCUT2D eigenvalue weighted by molar-refractivity contribution is 5.97. The second kappa shape index (κ2) is 5.86. The molecule has 1 aliphatic rings. The van der Waals surface area contributed by atoms with E-state index in [9.17, 15) is 14.4 Å². The summed E-state index contributed by atoms with van der Waals surface area (Å²) in [5.74, 6) is -1.21. The number of rotatable bonds is 4. The van der Waals surface area contributed by atoms with Crippen molar-refractivity contribution >= 4 is 17.8 Å². The molecule has 0 aromatic heterocycles. The molecule has 0 aliphatic carbocycles. The van der Waals surface area contributed by atoms with Crippen LogP contribution in [0.2, 0.25) is 0 Å². The number of carbonyl (C=O) groups is 3. The lowest BCUT2D eigenvalue weighted by molar-refractivity contribution is -0.150. The standard InChI is InChI=1S/C15H17NO4/c1-10-6-13(17)16(14(18)7-10)9-12-5-3-2-4-11(12)8-15(19)20/h2-5,10H,6-9H2,1H3,(H,19,20). The number of aliphatic carboxylic acids is 1. The fourth-order valence-electron chi connectivity index (χ4n) is 2.42. The van der Waals surface area contributed by atoms with Crippen LogP contribution in [0, 0.1) is 5.92 Å². The molecule has 0 bridgehead atoms. The van der Waals surface area contributed by atoms with E-state index < -0.39 is 5.97 Å². The summed E-state index contributed by atoms with van der Waals surface area (Å²) in [4.78, 5) is 36.0. The zero-order valence-electron chi connectivity index (χ0n) is 11.3. The van der Waals surface area contributed by atoms with Crippen LogP contribution in [0.5, 0.6) is 0 Å². The SMILES string of the molecule is CC1CC(=O)N(Cc2ccccc2CC(=O)O)C(=O)C1. The van der Waals surface area contributed by atoms with Gasteiger partial charge in [0.15, 0.2) is 0 Å². The van der Waals surface area contributed by atoms with Crippen molar-refractivity contribution in [3.63, 3.8) is 0 Å². The third-order valence-electron chi connectivity index (χ3n) is 3.44. The van der Waals surface area contributed by atoms with Crippen molar-refractivity contribution in [2.24, 2.45) is 5.92 Å². The molecule has 106 valence electrons. The minimum atomic E-state index is -0.928. The van der Waals surface area contributed by atoms with Crippen molar-refractivity contribution in [1.29, 1.82) is 0 Å². The molecule has 5 heteroatoms. The molecule has 1 N–H and O–H groups in total. The van der Waals surface area contributed by atoms with Crippen molar-refractivity contribution in [3.8, 4) is 0 Å². The van der Waals surface area contributed by atoms with E-state index in [0.717, 1.165) is 0 Å². The summed E-state index contributed by atoms with van der Waals surface area (Å²) in [6, 6.07) is 7.01. The molecule has 0 unspecified atom stereocenters. The topological polar surface area (TPSA) is 74.7 Å². The number of likely N-dealkylation sites (tertiary alicyclic amines) is 1. The zero-order chi connectivity index (χ0) is 14.7. The Morgan fingerprint density at radius 1 is 1.20 bits per heavy atom. The summed E-state index contributed by atoms with van der Waals surface area (Å²) in [6.07, 6.45) is 0.627. The van der Waals surface area contributed by atoms with Crippen LogP contribution in [0.25, 0.3) is 0 Å². The Balaban J connectivity index is 2.19. The lowest BCUT2D eigenvalue weighted by atomic mass is 9.96. The smallest absolute Gasteiger partial charge is 0.307 e. The van der Waals surface area contributed by atoms with Gasteiger partial charge < -0.3 is 5.11 Å². The minimum absolute atomic E-state index is 0.0838. The molecule has 1 saturated heterocycles. The van der Waals surface area contributed by atoms with Crippen LogP contribution >= 0.6 is 0 Å². The number of carboxylic acids is 1. The van der Waals surface area contributed by atoms with E-state index in [2.05, 4.69) is 0 Å². The van der Waals surface area contributed by atoms with Gasteiger partial charge in [0.05, 0.1) is 13.0 Å². The van der Waals surface area contributed by atoms with Gasteiger partial charge in [0.2, 0.25) is 11.8 Å². The highest BCUT2D eigenvalue weighted by Gasteiger charge is 2.30. The fourth-order valence-corrected chi connectivity index (χ4v) is 2.42. The first kappa shape index (κ1) is 14.2. The zero-order valence-corrected chi connectivity index (χ0v) is 11.3. The molecule has 2 rings (SSSR count). The normalized spacial score (nSPS) is 16.6. The van der Waals surface area contributed by atoms with E-state index in [1.165, 1.54) is 4.90 Å². The molecule has 0 saturated carbocycles. The van der Waals surface area contributed by atoms with Gasteiger partial charge in [-0.05, 0) is 17.0 Å². The maximum Gasteiger partial charge on any atom is 0.307 e. The molecule has 1 heterocycles. The molecule has 0 atom stereocenters. The number of piperidine rings is 1. The fraction of sp³-hybridized carbons (Fsp3) is 0.400. The summed E-state index contributed by atoms with van der Waals surface area (Å²) in [5, 5.41) is 8.89. The number of amides is 2. The van der Waals surface area contributed by atoms with E-state index in [4.69, 9.17) is 5.11 Å². The molecule has 1 aromatic carbocycles. The highest BCUT2D eigenvalue weighted by atomic mass is 16.4. The summed E-state index contributed by atoms with van der Waals surface area (Å²) < 4.78 is 0. The van der Waals surface area contributed by atoms with Crippen molar-refractivity contribution in [3.05, 3.63) is 35.4 Å². The van der Waals surface area contributed by atoms with Crippen molar-refractivity contribution in [2.75, 3.05) is 0 Å². The largest absolute Gasteiger partial charge is 0.481 e. The molecule has 0 spiro atoms. The quantitative estimate of drug-likeness (QED) is 0.847. The third kappa shape index (κ3) is 3.23. The number of hydrogen-bond acceptors (Lipinski definition) is 3. The Labute approximate surface area is 117 Å². The van der Waals surface area contributed by atoms with Gasteiger partial charge in [-0.15, -0.1) is 0 Å². The van der Waals surface area contributed by atoms with Gasteiger partial charge in [-0.2, -0.15) is 0 Å². The van der Waals surface area contributed by atoms with Gasteiger partial charge >= 0.3 is 5.97 Å². The van der Waals surface area contributed by atoms with Crippen LogP contribution in [0.4, 0.5) is 0 Å². The van der Waals surface area contributed by atoms with E-state index in [-0.39, 0.29) is 30.7 Å². The Morgan fingerprint density at radius 3 is 2.30 bits per heavy atom. The van der Waals surface area contributed by atoms with Crippen molar-refractivity contribution in [2.45, 2.75) is 32.7 Å². The van der Waals surface area contributed by atoms with Crippen LogP contribution < -0.4 is 0 Å². The molecule has 5 nitrogen and oxygen atoms in total. The molecule has 1 aromatic rings. The van der Waals surface area contributed by atoms with Gasteiger partial charge in [0.25, 0.3) is 0 Å². The first-order chi connectivity index (χ1) is 9.47. The van der Waals surface area contributed by atoms with Crippen LogP contribution in [0.15, 0.2) is 24.3 Å².